The highest BCUT2D eigenvalue weighted by Crippen LogP contribution is 2.38. The van der Waals surface area contributed by atoms with Crippen molar-refractivity contribution in [2.24, 2.45) is 0 Å². The SMILES string of the molecule is Cc1ccc([C@@H](CC(=O)c2cccs2)Sc2nnc(Cc3cccs3)n2N)cc1. The van der Waals surface area contributed by atoms with Crippen LogP contribution in [-0.4, -0.2) is 20.7 Å². The summed E-state index contributed by atoms with van der Waals surface area (Å²) in [6.45, 7) is 2.05. The predicted molar refractivity (Wildman–Crippen MR) is 120 cm³/mol. The van der Waals surface area contributed by atoms with Crippen LogP contribution in [0.4, 0.5) is 0 Å². The lowest BCUT2D eigenvalue weighted by Gasteiger charge is -2.16. The molecule has 148 valence electrons. The Labute approximate surface area is 181 Å². The third kappa shape index (κ3) is 4.77. The molecule has 0 unspecified atom stereocenters. The van der Waals surface area contributed by atoms with Crippen LogP contribution in [-0.2, 0) is 6.42 Å². The summed E-state index contributed by atoms with van der Waals surface area (Å²) >= 11 is 4.62. The summed E-state index contributed by atoms with van der Waals surface area (Å²) in [6, 6.07) is 16.1. The molecular weight excluding hydrogens is 420 g/mol. The van der Waals surface area contributed by atoms with Crippen LogP contribution in [0.15, 0.2) is 64.4 Å². The van der Waals surface area contributed by atoms with Crippen LogP contribution in [0.3, 0.4) is 0 Å². The van der Waals surface area contributed by atoms with Gasteiger partial charge in [-0.05, 0) is 35.4 Å². The highest BCUT2D eigenvalue weighted by Gasteiger charge is 2.23. The lowest BCUT2D eigenvalue weighted by molar-refractivity contribution is 0.0986. The molecule has 0 amide bonds. The fourth-order valence-electron chi connectivity index (χ4n) is 2.92. The molecule has 4 rings (SSSR count). The van der Waals surface area contributed by atoms with Crippen LogP contribution < -0.4 is 5.84 Å². The molecule has 0 saturated carbocycles. The zero-order chi connectivity index (χ0) is 20.2. The molecule has 0 radical (unpaired) electrons. The molecule has 0 aliphatic heterocycles. The van der Waals surface area contributed by atoms with Crippen LogP contribution in [0.25, 0.3) is 0 Å². The lowest BCUT2D eigenvalue weighted by Crippen LogP contribution is -2.15. The minimum atomic E-state index is -0.0914. The van der Waals surface area contributed by atoms with Gasteiger partial charge >= 0.3 is 0 Å². The topological polar surface area (TPSA) is 73.8 Å². The highest BCUT2D eigenvalue weighted by atomic mass is 32.2. The number of nitrogens with two attached hydrogens (primary N) is 1. The third-order valence-corrected chi connectivity index (χ3v) is 7.51. The monoisotopic (exact) mass is 440 g/mol. The van der Waals surface area contributed by atoms with Gasteiger partial charge in [-0.25, -0.2) is 4.68 Å². The Morgan fingerprint density at radius 1 is 1.10 bits per heavy atom. The smallest absolute Gasteiger partial charge is 0.210 e. The van der Waals surface area contributed by atoms with Crippen molar-refractivity contribution in [2.75, 3.05) is 5.84 Å². The number of aryl methyl sites for hydroxylation is 1. The Hall–Kier alpha value is -2.42. The number of aromatic nitrogens is 3. The summed E-state index contributed by atoms with van der Waals surface area (Å²) in [7, 11) is 0. The maximum absolute atomic E-state index is 12.8. The van der Waals surface area contributed by atoms with Crippen molar-refractivity contribution < 1.29 is 4.79 Å². The average Bonchev–Trinajstić information content (AvgIpc) is 3.48. The molecule has 2 N–H and O–H groups in total. The number of nitrogens with zero attached hydrogens (tertiary/aromatic N) is 3. The molecule has 1 atom stereocenters. The van der Waals surface area contributed by atoms with Crippen LogP contribution in [0, 0.1) is 6.92 Å². The fourth-order valence-corrected chi connectivity index (χ4v) is 5.39. The van der Waals surface area contributed by atoms with Crippen molar-refractivity contribution >= 4 is 40.2 Å². The summed E-state index contributed by atoms with van der Waals surface area (Å²) in [4.78, 5) is 14.7. The molecule has 0 aliphatic carbocycles. The zero-order valence-electron chi connectivity index (χ0n) is 15.8. The highest BCUT2D eigenvalue weighted by molar-refractivity contribution is 7.99. The molecule has 1 aromatic carbocycles. The van der Waals surface area contributed by atoms with Gasteiger partial charge in [0.15, 0.2) is 11.6 Å². The van der Waals surface area contributed by atoms with Crippen LogP contribution in [0.1, 0.15) is 43.2 Å². The van der Waals surface area contributed by atoms with Crippen LogP contribution >= 0.6 is 34.4 Å². The number of carbonyl (C=O) groups excluding carboxylic acids is 1. The van der Waals surface area contributed by atoms with Gasteiger partial charge in [-0.3, -0.25) is 4.79 Å². The van der Waals surface area contributed by atoms with Crippen molar-refractivity contribution in [3.8, 4) is 0 Å². The Bertz CT molecular complexity index is 1070. The van der Waals surface area contributed by atoms with Gasteiger partial charge in [0, 0.05) is 23.0 Å². The molecule has 0 fully saturated rings. The Balaban J connectivity index is 1.57. The summed E-state index contributed by atoms with van der Waals surface area (Å²) in [6.07, 6.45) is 1.02. The molecule has 0 saturated heterocycles. The number of ketones is 1. The second-order valence-corrected chi connectivity index (χ2v) is 9.80. The van der Waals surface area contributed by atoms with Gasteiger partial charge < -0.3 is 5.84 Å². The minimum absolute atomic E-state index is 0.0914. The molecule has 8 heteroatoms. The van der Waals surface area contributed by atoms with Gasteiger partial charge in [-0.1, -0.05) is 53.7 Å². The average molecular weight is 441 g/mol. The first-order valence-corrected chi connectivity index (χ1v) is 11.8. The van der Waals surface area contributed by atoms with Gasteiger partial charge in [0.1, 0.15) is 0 Å². The van der Waals surface area contributed by atoms with E-state index in [2.05, 4.69) is 47.5 Å². The van der Waals surface area contributed by atoms with Crippen molar-refractivity contribution in [3.63, 3.8) is 0 Å². The number of Topliss-reactive ketones (excluding diaryl/α,β-unsaturated/α-hetero) is 1. The van der Waals surface area contributed by atoms with Gasteiger partial charge in [0.25, 0.3) is 0 Å². The van der Waals surface area contributed by atoms with Gasteiger partial charge in [0.05, 0.1) is 4.88 Å². The van der Waals surface area contributed by atoms with Crippen LogP contribution in [0.5, 0.6) is 0 Å². The number of nitrogen functional groups attached to an aromatic ring is 1. The first-order valence-electron chi connectivity index (χ1n) is 9.12. The standard InChI is InChI=1S/C21H20N4OS3/c1-14-6-8-15(9-7-14)19(13-17(26)18-5-3-11-28-18)29-21-24-23-20(25(21)22)12-16-4-2-10-27-16/h2-11,19H,12-13,22H2,1H3/t19-/m1/s1. The van der Waals surface area contributed by atoms with Gasteiger partial charge in [-0.15, -0.1) is 32.9 Å². The van der Waals surface area contributed by atoms with E-state index in [1.165, 1.54) is 33.5 Å². The van der Waals surface area contributed by atoms with E-state index in [4.69, 9.17) is 5.84 Å². The van der Waals surface area contributed by atoms with Crippen molar-refractivity contribution in [1.82, 2.24) is 14.9 Å². The maximum Gasteiger partial charge on any atom is 0.210 e. The first-order chi connectivity index (χ1) is 14.1. The first kappa shape index (κ1) is 19.9. The van der Waals surface area contributed by atoms with E-state index in [1.807, 2.05) is 29.0 Å². The van der Waals surface area contributed by atoms with Crippen molar-refractivity contribution in [2.45, 2.75) is 30.2 Å². The number of rotatable bonds is 8. The third-order valence-electron chi connectivity index (χ3n) is 4.51. The van der Waals surface area contributed by atoms with Crippen LogP contribution in [0.2, 0.25) is 0 Å². The molecule has 29 heavy (non-hydrogen) atoms. The summed E-state index contributed by atoms with van der Waals surface area (Å²) in [5.41, 5.74) is 2.26. The number of benzene rings is 1. The fraction of sp³-hybridized carbons (Fsp3) is 0.190. The second kappa shape index (κ2) is 8.94. The van der Waals surface area contributed by atoms with E-state index in [0.717, 1.165) is 10.4 Å². The number of hydrogen-bond donors (Lipinski definition) is 1. The number of carbonyl (C=O) groups is 1. The quantitative estimate of drug-likeness (QED) is 0.234. The van der Waals surface area contributed by atoms with E-state index in [9.17, 15) is 4.79 Å². The minimum Gasteiger partial charge on any atom is -0.336 e. The van der Waals surface area contributed by atoms with E-state index < -0.39 is 0 Å². The van der Waals surface area contributed by atoms with E-state index in [-0.39, 0.29) is 11.0 Å². The van der Waals surface area contributed by atoms with E-state index in [0.29, 0.717) is 23.8 Å². The van der Waals surface area contributed by atoms with Gasteiger partial charge in [-0.2, -0.15) is 0 Å². The summed E-state index contributed by atoms with van der Waals surface area (Å²) in [5, 5.41) is 13.0. The summed E-state index contributed by atoms with van der Waals surface area (Å²) in [5.74, 6) is 7.12. The lowest BCUT2D eigenvalue weighted by atomic mass is 10.0. The molecule has 0 aliphatic rings. The molecule has 5 nitrogen and oxygen atoms in total. The normalized spacial score (nSPS) is 12.2. The molecule has 3 heterocycles. The molecule has 0 bridgehead atoms. The number of hydrogen-bond acceptors (Lipinski definition) is 7. The molecular formula is C21H20N4OS3. The molecule has 4 aromatic rings. The second-order valence-electron chi connectivity index (χ2n) is 6.65. The van der Waals surface area contributed by atoms with E-state index >= 15 is 0 Å². The van der Waals surface area contributed by atoms with Crippen molar-refractivity contribution in [1.29, 1.82) is 0 Å². The molecule has 3 aromatic heterocycles. The summed E-state index contributed by atoms with van der Waals surface area (Å²) < 4.78 is 1.54. The zero-order valence-corrected chi connectivity index (χ0v) is 18.3. The number of thioether (sulfide) groups is 1. The molecule has 0 spiro atoms. The largest absolute Gasteiger partial charge is 0.336 e. The Kier molecular flexibility index (Phi) is 6.13. The Morgan fingerprint density at radius 2 is 1.86 bits per heavy atom. The predicted octanol–water partition coefficient (Wildman–Crippen LogP) is 5.12. The Morgan fingerprint density at radius 3 is 2.55 bits per heavy atom. The van der Waals surface area contributed by atoms with Crippen molar-refractivity contribution in [3.05, 3.63) is 86.0 Å². The maximum atomic E-state index is 12.8. The van der Waals surface area contributed by atoms with E-state index in [1.54, 1.807) is 16.0 Å². The number of thiophene rings is 2. The van der Waals surface area contributed by atoms with Gasteiger partial charge in [0.2, 0.25) is 5.16 Å².